The largest absolute Gasteiger partial charge is 0.351 e. The minimum Gasteiger partial charge on any atom is -0.351 e. The zero-order valence-corrected chi connectivity index (χ0v) is 9.62. The van der Waals surface area contributed by atoms with Crippen molar-refractivity contribution < 1.29 is 4.79 Å². The lowest BCUT2D eigenvalue weighted by molar-refractivity contribution is 0.0954. The molecule has 0 spiro atoms. The van der Waals surface area contributed by atoms with Crippen molar-refractivity contribution >= 4 is 5.91 Å². The van der Waals surface area contributed by atoms with Gasteiger partial charge in [-0.05, 0) is 31.6 Å². The van der Waals surface area contributed by atoms with Crippen LogP contribution in [0.1, 0.15) is 15.9 Å². The summed E-state index contributed by atoms with van der Waals surface area (Å²) in [7, 11) is 1.90. The van der Waals surface area contributed by atoms with Crippen molar-refractivity contribution in [2.24, 2.45) is 5.73 Å². The number of carbonyl (C=O) groups excluding carboxylic acids is 1. The molecule has 0 atom stereocenters. The van der Waals surface area contributed by atoms with Crippen LogP contribution in [0.15, 0.2) is 24.3 Å². The molecule has 0 radical (unpaired) electrons. The second-order valence-corrected chi connectivity index (χ2v) is 3.56. The van der Waals surface area contributed by atoms with Crippen molar-refractivity contribution in [3.8, 4) is 0 Å². The first kappa shape index (κ1) is 12.7. The molecular formula is C12H19N3O. The number of carbonyl (C=O) groups is 1. The average molecular weight is 221 g/mol. The van der Waals surface area contributed by atoms with Gasteiger partial charge in [0.15, 0.2) is 0 Å². The number of hydrogen-bond donors (Lipinski definition) is 3. The van der Waals surface area contributed by atoms with E-state index in [0.29, 0.717) is 13.1 Å². The van der Waals surface area contributed by atoms with Crippen LogP contribution in [0.2, 0.25) is 0 Å². The number of likely N-dealkylation sites (N-methyl/N-ethyl adjacent to an activating group) is 1. The lowest BCUT2D eigenvalue weighted by atomic mass is 10.0. The van der Waals surface area contributed by atoms with Gasteiger partial charge in [0.05, 0.1) is 0 Å². The second-order valence-electron chi connectivity index (χ2n) is 3.56. The Kier molecular flexibility index (Phi) is 5.53. The van der Waals surface area contributed by atoms with Gasteiger partial charge in [0.25, 0.3) is 5.91 Å². The van der Waals surface area contributed by atoms with Gasteiger partial charge < -0.3 is 16.4 Å². The molecule has 0 aliphatic heterocycles. The molecule has 0 unspecified atom stereocenters. The normalized spacial score (nSPS) is 10.1. The molecule has 1 amide bonds. The highest BCUT2D eigenvalue weighted by molar-refractivity contribution is 5.95. The highest BCUT2D eigenvalue weighted by Gasteiger charge is 2.09. The summed E-state index contributed by atoms with van der Waals surface area (Å²) in [6, 6.07) is 7.65. The molecule has 1 aromatic carbocycles. The molecular weight excluding hydrogens is 202 g/mol. The van der Waals surface area contributed by atoms with Crippen molar-refractivity contribution in [1.82, 2.24) is 10.6 Å². The Bertz CT molecular complexity index is 339. The Hall–Kier alpha value is -1.39. The third-order valence-electron chi connectivity index (χ3n) is 2.34. The summed E-state index contributed by atoms with van der Waals surface area (Å²) in [6.07, 6.45) is 0.850. The molecule has 0 heterocycles. The molecule has 88 valence electrons. The van der Waals surface area contributed by atoms with Gasteiger partial charge in [-0.2, -0.15) is 0 Å². The van der Waals surface area contributed by atoms with E-state index in [9.17, 15) is 4.79 Å². The van der Waals surface area contributed by atoms with E-state index in [4.69, 9.17) is 5.73 Å². The van der Waals surface area contributed by atoms with Gasteiger partial charge in [0.1, 0.15) is 0 Å². The standard InChI is InChI=1S/C12H19N3O/c1-14-8-6-10-4-2-3-5-11(10)12(16)15-9-7-13/h2-5,14H,6-9,13H2,1H3,(H,15,16). The summed E-state index contributed by atoms with van der Waals surface area (Å²) in [5.41, 5.74) is 7.15. The summed E-state index contributed by atoms with van der Waals surface area (Å²) in [6.45, 7) is 1.84. The molecule has 1 aromatic rings. The predicted molar refractivity (Wildman–Crippen MR) is 65.5 cm³/mol. The van der Waals surface area contributed by atoms with E-state index in [0.717, 1.165) is 24.1 Å². The Morgan fingerprint density at radius 2 is 2.06 bits per heavy atom. The summed E-state index contributed by atoms with van der Waals surface area (Å²) in [5.74, 6) is -0.0443. The molecule has 4 N–H and O–H groups in total. The number of hydrogen-bond acceptors (Lipinski definition) is 3. The number of rotatable bonds is 6. The number of nitrogens with two attached hydrogens (primary N) is 1. The summed E-state index contributed by atoms with van der Waals surface area (Å²) in [4.78, 5) is 11.8. The molecule has 0 saturated carbocycles. The molecule has 0 aromatic heterocycles. The van der Waals surface area contributed by atoms with E-state index in [1.807, 2.05) is 31.3 Å². The van der Waals surface area contributed by atoms with Crippen LogP contribution >= 0.6 is 0 Å². The Balaban J connectivity index is 2.73. The quantitative estimate of drug-likeness (QED) is 0.640. The average Bonchev–Trinajstić information content (AvgIpc) is 2.33. The van der Waals surface area contributed by atoms with E-state index >= 15 is 0 Å². The molecule has 4 nitrogen and oxygen atoms in total. The van der Waals surface area contributed by atoms with Gasteiger partial charge in [0.2, 0.25) is 0 Å². The minimum atomic E-state index is -0.0443. The van der Waals surface area contributed by atoms with Crippen LogP contribution in [-0.4, -0.2) is 32.6 Å². The maximum Gasteiger partial charge on any atom is 0.251 e. The summed E-state index contributed by atoms with van der Waals surface area (Å²) >= 11 is 0. The topological polar surface area (TPSA) is 67.2 Å². The van der Waals surface area contributed by atoms with Crippen LogP contribution in [-0.2, 0) is 6.42 Å². The van der Waals surface area contributed by atoms with E-state index in [-0.39, 0.29) is 5.91 Å². The first-order valence-corrected chi connectivity index (χ1v) is 5.50. The highest BCUT2D eigenvalue weighted by atomic mass is 16.1. The highest BCUT2D eigenvalue weighted by Crippen LogP contribution is 2.08. The number of benzene rings is 1. The van der Waals surface area contributed by atoms with Crippen LogP contribution in [0.5, 0.6) is 0 Å². The lowest BCUT2D eigenvalue weighted by Crippen LogP contribution is -2.30. The van der Waals surface area contributed by atoms with E-state index in [1.165, 1.54) is 0 Å². The van der Waals surface area contributed by atoms with Crippen LogP contribution in [0.4, 0.5) is 0 Å². The maximum absolute atomic E-state index is 11.8. The van der Waals surface area contributed by atoms with Crippen LogP contribution < -0.4 is 16.4 Å². The van der Waals surface area contributed by atoms with Gasteiger partial charge >= 0.3 is 0 Å². The molecule has 4 heteroatoms. The predicted octanol–water partition coefficient (Wildman–Crippen LogP) is 0.137. The SMILES string of the molecule is CNCCc1ccccc1C(=O)NCCN. The Morgan fingerprint density at radius 1 is 1.31 bits per heavy atom. The molecule has 0 bridgehead atoms. The third kappa shape index (κ3) is 3.64. The van der Waals surface area contributed by atoms with Crippen molar-refractivity contribution in [3.05, 3.63) is 35.4 Å². The number of amides is 1. The lowest BCUT2D eigenvalue weighted by Gasteiger charge is -2.09. The smallest absolute Gasteiger partial charge is 0.251 e. The second kappa shape index (κ2) is 6.98. The van der Waals surface area contributed by atoms with Crippen LogP contribution in [0, 0.1) is 0 Å². The van der Waals surface area contributed by atoms with Crippen LogP contribution in [0.3, 0.4) is 0 Å². The van der Waals surface area contributed by atoms with Gasteiger partial charge in [-0.25, -0.2) is 0 Å². The fourth-order valence-electron chi connectivity index (χ4n) is 1.50. The molecule has 16 heavy (non-hydrogen) atoms. The Labute approximate surface area is 96.2 Å². The fourth-order valence-corrected chi connectivity index (χ4v) is 1.50. The zero-order chi connectivity index (χ0) is 11.8. The van der Waals surface area contributed by atoms with Gasteiger partial charge in [-0.15, -0.1) is 0 Å². The zero-order valence-electron chi connectivity index (χ0n) is 9.62. The van der Waals surface area contributed by atoms with Crippen molar-refractivity contribution in [2.45, 2.75) is 6.42 Å². The third-order valence-corrected chi connectivity index (χ3v) is 2.34. The van der Waals surface area contributed by atoms with Crippen molar-refractivity contribution in [2.75, 3.05) is 26.7 Å². The first-order valence-electron chi connectivity index (χ1n) is 5.50. The molecule has 0 aliphatic carbocycles. The molecule has 0 saturated heterocycles. The minimum absolute atomic E-state index is 0.0443. The number of nitrogens with one attached hydrogen (secondary N) is 2. The van der Waals surface area contributed by atoms with Crippen LogP contribution in [0.25, 0.3) is 0 Å². The van der Waals surface area contributed by atoms with Crippen molar-refractivity contribution in [3.63, 3.8) is 0 Å². The van der Waals surface area contributed by atoms with E-state index in [2.05, 4.69) is 10.6 Å². The molecule has 0 aliphatic rings. The van der Waals surface area contributed by atoms with Gasteiger partial charge in [-0.1, -0.05) is 18.2 Å². The maximum atomic E-state index is 11.8. The van der Waals surface area contributed by atoms with E-state index in [1.54, 1.807) is 0 Å². The fraction of sp³-hybridized carbons (Fsp3) is 0.417. The monoisotopic (exact) mass is 221 g/mol. The van der Waals surface area contributed by atoms with Gasteiger partial charge in [0, 0.05) is 18.7 Å². The molecule has 0 fully saturated rings. The molecule has 1 rings (SSSR count). The van der Waals surface area contributed by atoms with E-state index < -0.39 is 0 Å². The van der Waals surface area contributed by atoms with Gasteiger partial charge in [-0.3, -0.25) is 4.79 Å². The summed E-state index contributed by atoms with van der Waals surface area (Å²) < 4.78 is 0. The summed E-state index contributed by atoms with van der Waals surface area (Å²) in [5, 5.41) is 5.85. The van der Waals surface area contributed by atoms with Crippen molar-refractivity contribution in [1.29, 1.82) is 0 Å². The Morgan fingerprint density at radius 3 is 2.75 bits per heavy atom. The first-order chi connectivity index (χ1) is 7.79.